The standard InChI is InChI=1S/C17H16N4/c1-18-16-13-7-4-8-15(13)20-17(21-16)14-10-19-9-11-5-2-3-6-12(11)14/h2-3,5-6,9-10H,4,7-8H2,1H3,(H,18,20,21). The fourth-order valence-corrected chi connectivity index (χ4v) is 3.05. The predicted octanol–water partition coefficient (Wildman–Crippen LogP) is 3.22. The van der Waals surface area contributed by atoms with Crippen molar-refractivity contribution in [2.75, 3.05) is 12.4 Å². The highest BCUT2D eigenvalue weighted by molar-refractivity contribution is 5.94. The van der Waals surface area contributed by atoms with E-state index < -0.39 is 0 Å². The summed E-state index contributed by atoms with van der Waals surface area (Å²) in [5.41, 5.74) is 3.45. The second-order valence-corrected chi connectivity index (χ2v) is 5.33. The van der Waals surface area contributed by atoms with Gasteiger partial charge in [-0.3, -0.25) is 4.98 Å². The molecule has 2 aromatic heterocycles. The third-order valence-corrected chi connectivity index (χ3v) is 4.08. The highest BCUT2D eigenvalue weighted by Crippen LogP contribution is 2.31. The van der Waals surface area contributed by atoms with E-state index >= 15 is 0 Å². The van der Waals surface area contributed by atoms with Crippen LogP contribution in [0.2, 0.25) is 0 Å². The second-order valence-electron chi connectivity index (χ2n) is 5.33. The molecule has 1 aliphatic rings. The topological polar surface area (TPSA) is 50.7 Å². The molecule has 0 saturated heterocycles. The Morgan fingerprint density at radius 2 is 1.95 bits per heavy atom. The van der Waals surface area contributed by atoms with Gasteiger partial charge >= 0.3 is 0 Å². The Morgan fingerprint density at radius 1 is 1.05 bits per heavy atom. The molecule has 0 unspecified atom stereocenters. The molecule has 4 nitrogen and oxygen atoms in total. The van der Waals surface area contributed by atoms with Gasteiger partial charge in [0.25, 0.3) is 0 Å². The van der Waals surface area contributed by atoms with Crippen LogP contribution >= 0.6 is 0 Å². The van der Waals surface area contributed by atoms with Crippen LogP contribution in [0.25, 0.3) is 22.2 Å². The van der Waals surface area contributed by atoms with E-state index in [4.69, 9.17) is 9.97 Å². The molecular formula is C17H16N4. The Bertz CT molecular complexity index is 821. The summed E-state index contributed by atoms with van der Waals surface area (Å²) in [5, 5.41) is 5.48. The van der Waals surface area contributed by atoms with Crippen LogP contribution in [0, 0.1) is 0 Å². The van der Waals surface area contributed by atoms with Crippen molar-refractivity contribution in [3.05, 3.63) is 47.9 Å². The number of aromatic nitrogens is 3. The van der Waals surface area contributed by atoms with E-state index in [0.29, 0.717) is 0 Å². The van der Waals surface area contributed by atoms with Gasteiger partial charge in [0, 0.05) is 41.6 Å². The zero-order valence-electron chi connectivity index (χ0n) is 11.9. The molecule has 1 aliphatic carbocycles. The van der Waals surface area contributed by atoms with Crippen LogP contribution in [0.3, 0.4) is 0 Å². The third kappa shape index (κ3) is 1.95. The van der Waals surface area contributed by atoms with Crippen molar-refractivity contribution in [3.63, 3.8) is 0 Å². The number of hydrogen-bond donors (Lipinski definition) is 1. The van der Waals surface area contributed by atoms with Gasteiger partial charge in [-0.25, -0.2) is 9.97 Å². The van der Waals surface area contributed by atoms with Crippen LogP contribution in [-0.4, -0.2) is 22.0 Å². The van der Waals surface area contributed by atoms with Crippen LogP contribution in [0.1, 0.15) is 17.7 Å². The molecule has 4 rings (SSSR count). The monoisotopic (exact) mass is 276 g/mol. The molecule has 0 spiro atoms. The predicted molar refractivity (Wildman–Crippen MR) is 84.3 cm³/mol. The lowest BCUT2D eigenvalue weighted by atomic mass is 10.1. The van der Waals surface area contributed by atoms with Gasteiger partial charge in [0.05, 0.1) is 0 Å². The van der Waals surface area contributed by atoms with Gasteiger partial charge < -0.3 is 5.32 Å². The highest BCUT2D eigenvalue weighted by Gasteiger charge is 2.20. The maximum Gasteiger partial charge on any atom is 0.163 e. The first-order valence-electron chi connectivity index (χ1n) is 7.27. The molecule has 0 radical (unpaired) electrons. The maximum atomic E-state index is 4.79. The summed E-state index contributed by atoms with van der Waals surface area (Å²) in [4.78, 5) is 13.9. The number of nitrogens with zero attached hydrogens (tertiary/aromatic N) is 3. The molecule has 0 saturated carbocycles. The van der Waals surface area contributed by atoms with E-state index in [0.717, 1.165) is 47.2 Å². The van der Waals surface area contributed by atoms with Crippen molar-refractivity contribution >= 4 is 16.6 Å². The zero-order chi connectivity index (χ0) is 14.2. The van der Waals surface area contributed by atoms with E-state index in [-0.39, 0.29) is 0 Å². The Kier molecular flexibility index (Phi) is 2.81. The minimum atomic E-state index is 0.768. The number of anilines is 1. The largest absolute Gasteiger partial charge is 0.373 e. The molecule has 0 bridgehead atoms. The van der Waals surface area contributed by atoms with Gasteiger partial charge in [0.1, 0.15) is 5.82 Å². The Hall–Kier alpha value is -2.49. The van der Waals surface area contributed by atoms with Crippen LogP contribution in [0.4, 0.5) is 5.82 Å². The summed E-state index contributed by atoms with van der Waals surface area (Å²) in [5.74, 6) is 1.73. The zero-order valence-corrected chi connectivity index (χ0v) is 11.9. The van der Waals surface area contributed by atoms with E-state index in [1.165, 1.54) is 11.3 Å². The lowest BCUT2D eigenvalue weighted by Crippen LogP contribution is -2.03. The van der Waals surface area contributed by atoms with Crippen molar-refractivity contribution in [2.24, 2.45) is 0 Å². The van der Waals surface area contributed by atoms with E-state index in [2.05, 4.69) is 22.4 Å². The number of pyridine rings is 1. The van der Waals surface area contributed by atoms with Crippen LogP contribution < -0.4 is 5.32 Å². The normalized spacial score (nSPS) is 13.4. The molecule has 2 heterocycles. The molecule has 21 heavy (non-hydrogen) atoms. The highest BCUT2D eigenvalue weighted by atomic mass is 15.0. The number of hydrogen-bond acceptors (Lipinski definition) is 4. The Morgan fingerprint density at radius 3 is 2.86 bits per heavy atom. The molecule has 3 aromatic rings. The second kappa shape index (κ2) is 4.81. The van der Waals surface area contributed by atoms with Crippen molar-refractivity contribution < 1.29 is 0 Å². The first-order chi connectivity index (χ1) is 10.4. The number of rotatable bonds is 2. The Balaban J connectivity index is 1.97. The van der Waals surface area contributed by atoms with E-state index in [9.17, 15) is 0 Å². The molecular weight excluding hydrogens is 260 g/mol. The summed E-state index contributed by atoms with van der Waals surface area (Å²) in [6.07, 6.45) is 7.01. The summed E-state index contributed by atoms with van der Waals surface area (Å²) in [6, 6.07) is 8.23. The maximum absolute atomic E-state index is 4.79. The van der Waals surface area contributed by atoms with Gasteiger partial charge in [-0.15, -0.1) is 0 Å². The fourth-order valence-electron chi connectivity index (χ4n) is 3.05. The number of nitrogens with one attached hydrogen (secondary N) is 1. The molecule has 4 heteroatoms. The van der Waals surface area contributed by atoms with Gasteiger partial charge in [0.2, 0.25) is 0 Å². The Labute approximate surface area is 123 Å². The van der Waals surface area contributed by atoms with Crippen LogP contribution in [-0.2, 0) is 12.8 Å². The first-order valence-corrected chi connectivity index (χ1v) is 7.27. The van der Waals surface area contributed by atoms with Crippen molar-refractivity contribution in [3.8, 4) is 11.4 Å². The lowest BCUT2D eigenvalue weighted by molar-refractivity contribution is 0.900. The van der Waals surface area contributed by atoms with Crippen molar-refractivity contribution in [2.45, 2.75) is 19.3 Å². The average molecular weight is 276 g/mol. The van der Waals surface area contributed by atoms with Gasteiger partial charge in [-0.05, 0) is 24.6 Å². The molecule has 1 aromatic carbocycles. The van der Waals surface area contributed by atoms with Gasteiger partial charge in [-0.1, -0.05) is 24.3 Å². The number of aryl methyl sites for hydroxylation is 1. The van der Waals surface area contributed by atoms with E-state index in [1.807, 2.05) is 31.6 Å². The van der Waals surface area contributed by atoms with E-state index in [1.54, 1.807) is 0 Å². The minimum Gasteiger partial charge on any atom is -0.373 e. The van der Waals surface area contributed by atoms with Crippen LogP contribution in [0.5, 0.6) is 0 Å². The SMILES string of the molecule is CNc1nc(-c2cncc3ccccc23)nc2c1CCC2. The molecule has 0 aliphatic heterocycles. The smallest absolute Gasteiger partial charge is 0.163 e. The summed E-state index contributed by atoms with van der Waals surface area (Å²) in [6.45, 7) is 0. The van der Waals surface area contributed by atoms with Gasteiger partial charge in [0.15, 0.2) is 5.82 Å². The van der Waals surface area contributed by atoms with Crippen molar-refractivity contribution in [1.82, 2.24) is 15.0 Å². The third-order valence-electron chi connectivity index (χ3n) is 4.08. The summed E-state index contributed by atoms with van der Waals surface area (Å²) < 4.78 is 0. The lowest BCUT2D eigenvalue weighted by Gasteiger charge is -2.10. The van der Waals surface area contributed by atoms with Crippen molar-refractivity contribution in [1.29, 1.82) is 0 Å². The molecule has 0 atom stereocenters. The summed E-state index contributed by atoms with van der Waals surface area (Å²) >= 11 is 0. The number of benzene rings is 1. The number of fused-ring (bicyclic) bond motifs is 2. The molecule has 0 amide bonds. The summed E-state index contributed by atoms with van der Waals surface area (Å²) in [7, 11) is 1.92. The average Bonchev–Trinajstić information content (AvgIpc) is 3.02. The fraction of sp³-hybridized carbons (Fsp3) is 0.235. The molecule has 104 valence electrons. The molecule has 1 N–H and O–H groups in total. The quantitative estimate of drug-likeness (QED) is 0.780. The molecule has 0 fully saturated rings. The minimum absolute atomic E-state index is 0.768. The first kappa shape index (κ1) is 12.3. The van der Waals surface area contributed by atoms with Crippen LogP contribution in [0.15, 0.2) is 36.7 Å². The van der Waals surface area contributed by atoms with Gasteiger partial charge in [-0.2, -0.15) is 0 Å².